The summed E-state index contributed by atoms with van der Waals surface area (Å²) < 4.78 is 5.50. The molecule has 0 spiro atoms. The number of halogens is 1. The van der Waals surface area contributed by atoms with Crippen molar-refractivity contribution in [2.45, 2.75) is 53.1 Å². The summed E-state index contributed by atoms with van der Waals surface area (Å²) in [5.74, 6) is -1.12. The van der Waals surface area contributed by atoms with Crippen molar-refractivity contribution in [3.8, 4) is 0 Å². The smallest absolute Gasteiger partial charge is 0.336 e. The molecule has 2 unspecified atom stereocenters. The molecule has 0 aromatic heterocycles. The van der Waals surface area contributed by atoms with Crippen LogP contribution >= 0.6 is 11.6 Å². The first kappa shape index (κ1) is 19.7. The van der Waals surface area contributed by atoms with Crippen LogP contribution in [0.1, 0.15) is 52.5 Å². The zero-order valence-electron chi connectivity index (χ0n) is 16.4. The number of fused-ring (bicyclic) bond motifs is 1. The topological polar surface area (TPSA) is 55.4 Å². The van der Waals surface area contributed by atoms with E-state index in [0.29, 0.717) is 17.0 Å². The third-order valence-electron chi connectivity index (χ3n) is 5.01. The second-order valence-corrected chi connectivity index (χ2v) is 8.80. The molecule has 0 fully saturated rings. The molecular weight excluding hydrogens is 362 g/mol. The molecule has 1 aliphatic carbocycles. The highest BCUT2D eigenvalue weighted by atomic mass is 35.5. The van der Waals surface area contributed by atoms with Gasteiger partial charge in [-0.3, -0.25) is 4.79 Å². The van der Waals surface area contributed by atoms with Gasteiger partial charge in [-0.05, 0) is 43.9 Å². The van der Waals surface area contributed by atoms with E-state index >= 15 is 0 Å². The first-order valence-electron chi connectivity index (χ1n) is 9.29. The summed E-state index contributed by atoms with van der Waals surface area (Å²) in [5, 5.41) is 3.89. The summed E-state index contributed by atoms with van der Waals surface area (Å²) in [6.45, 7) is 9.59. The van der Waals surface area contributed by atoms with E-state index in [1.807, 2.05) is 52.8 Å². The molecule has 0 saturated carbocycles. The monoisotopic (exact) mass is 387 g/mol. The third kappa shape index (κ3) is 3.96. The molecule has 1 heterocycles. The molecule has 1 N–H and O–H groups in total. The molecule has 4 nitrogen and oxygen atoms in total. The number of hydrogen-bond acceptors (Lipinski definition) is 4. The molecule has 0 saturated heterocycles. The average Bonchev–Trinajstić information content (AvgIpc) is 2.51. The van der Waals surface area contributed by atoms with E-state index in [1.54, 1.807) is 6.07 Å². The summed E-state index contributed by atoms with van der Waals surface area (Å²) in [7, 11) is 0. The minimum atomic E-state index is -0.435. The van der Waals surface area contributed by atoms with Gasteiger partial charge >= 0.3 is 5.97 Å². The van der Waals surface area contributed by atoms with Gasteiger partial charge in [-0.15, -0.1) is 0 Å². The Bertz CT molecular complexity index is 851. The molecule has 144 valence electrons. The number of carbonyl (C=O) groups excluding carboxylic acids is 2. The second kappa shape index (κ2) is 7.16. The van der Waals surface area contributed by atoms with Crippen LogP contribution in [-0.2, 0) is 14.3 Å². The van der Waals surface area contributed by atoms with Gasteiger partial charge in [-0.2, -0.15) is 0 Å². The van der Waals surface area contributed by atoms with Crippen LogP contribution in [0.4, 0.5) is 0 Å². The average molecular weight is 388 g/mol. The number of carbonyl (C=O) groups is 2. The first-order chi connectivity index (χ1) is 12.6. The molecule has 5 heteroatoms. The van der Waals surface area contributed by atoms with Crippen LogP contribution in [0.2, 0.25) is 5.02 Å². The number of nitrogens with one attached hydrogen (secondary N) is 1. The fourth-order valence-corrected chi connectivity index (χ4v) is 4.27. The minimum Gasteiger partial charge on any atom is -0.460 e. The van der Waals surface area contributed by atoms with Gasteiger partial charge in [0.1, 0.15) is 5.78 Å². The number of hydrogen-bond donors (Lipinski definition) is 1. The van der Waals surface area contributed by atoms with Crippen molar-refractivity contribution in [2.75, 3.05) is 0 Å². The van der Waals surface area contributed by atoms with Crippen molar-refractivity contribution in [1.29, 1.82) is 0 Å². The molecule has 2 atom stereocenters. The van der Waals surface area contributed by atoms with Crippen molar-refractivity contribution in [2.24, 2.45) is 11.3 Å². The van der Waals surface area contributed by atoms with Gasteiger partial charge in [0.2, 0.25) is 0 Å². The molecule has 2 aliphatic rings. The van der Waals surface area contributed by atoms with Crippen LogP contribution in [0, 0.1) is 11.3 Å². The molecule has 0 amide bonds. The van der Waals surface area contributed by atoms with E-state index in [9.17, 15) is 9.59 Å². The van der Waals surface area contributed by atoms with E-state index in [2.05, 4.69) is 11.4 Å². The molecule has 0 bridgehead atoms. The number of ether oxygens (including phenoxy) is 1. The number of Topliss-reactive ketones (excluding diaryl/α,β-unsaturated/α-hetero) is 1. The van der Waals surface area contributed by atoms with Crippen LogP contribution in [-0.4, -0.2) is 17.9 Å². The fourth-order valence-electron chi connectivity index (χ4n) is 4.07. The Morgan fingerprint density at radius 1 is 1.30 bits per heavy atom. The number of ketones is 1. The van der Waals surface area contributed by atoms with Crippen molar-refractivity contribution >= 4 is 23.4 Å². The quantitative estimate of drug-likeness (QED) is 0.760. The largest absolute Gasteiger partial charge is 0.460 e. The summed E-state index contributed by atoms with van der Waals surface area (Å²) in [6, 6.07) is 7.39. The lowest BCUT2D eigenvalue weighted by atomic mass is 9.66. The molecule has 27 heavy (non-hydrogen) atoms. The highest BCUT2D eigenvalue weighted by molar-refractivity contribution is 6.30. The van der Waals surface area contributed by atoms with Crippen molar-refractivity contribution in [1.82, 2.24) is 5.32 Å². The highest BCUT2D eigenvalue weighted by Crippen LogP contribution is 2.47. The predicted octanol–water partition coefficient (Wildman–Crippen LogP) is 4.75. The van der Waals surface area contributed by atoms with E-state index < -0.39 is 17.8 Å². The zero-order chi connectivity index (χ0) is 19.9. The van der Waals surface area contributed by atoms with Crippen LogP contribution in [0.5, 0.6) is 0 Å². The van der Waals surface area contributed by atoms with Gasteiger partial charge < -0.3 is 10.1 Å². The molecule has 1 aromatic rings. The molecule has 1 aliphatic heterocycles. The number of esters is 1. The van der Waals surface area contributed by atoms with Crippen LogP contribution in [0.3, 0.4) is 0 Å². The second-order valence-electron chi connectivity index (χ2n) is 8.36. The maximum absolute atomic E-state index is 13.1. The van der Waals surface area contributed by atoms with Gasteiger partial charge in [0.05, 0.1) is 17.6 Å². The van der Waals surface area contributed by atoms with Crippen LogP contribution < -0.4 is 5.32 Å². The first-order valence-corrected chi connectivity index (χ1v) is 9.66. The standard InChI is InChI=1S/C22H26ClNO3/c1-12(2)27-21(26)18-13(3)24-16-10-22(4,5)11-17(25)20(16)19(18)14-7-6-8-15(23)9-14/h6-10,12,19-20,24H,11H2,1-5H3. The summed E-state index contributed by atoms with van der Waals surface area (Å²) in [6.07, 6.45) is 2.31. The van der Waals surface area contributed by atoms with Crippen LogP contribution in [0.25, 0.3) is 0 Å². The predicted molar refractivity (Wildman–Crippen MR) is 106 cm³/mol. The van der Waals surface area contributed by atoms with Gasteiger partial charge in [-0.1, -0.05) is 43.7 Å². The minimum absolute atomic E-state index is 0.123. The molecule has 3 rings (SSSR count). The Hall–Kier alpha value is -2.07. The van der Waals surface area contributed by atoms with Gasteiger partial charge in [0, 0.05) is 28.8 Å². The fraction of sp³-hybridized carbons (Fsp3) is 0.455. The van der Waals surface area contributed by atoms with E-state index in [1.165, 1.54) is 0 Å². The molecule has 0 radical (unpaired) electrons. The Kier molecular flexibility index (Phi) is 5.22. The SMILES string of the molecule is CC1=C(C(=O)OC(C)C)C(c2cccc(Cl)c2)C2C(=O)CC(C)(C)C=C2N1. The summed E-state index contributed by atoms with van der Waals surface area (Å²) in [5.41, 5.74) is 2.72. The van der Waals surface area contributed by atoms with Gasteiger partial charge in [0.25, 0.3) is 0 Å². The van der Waals surface area contributed by atoms with Gasteiger partial charge in [0.15, 0.2) is 0 Å². The van der Waals surface area contributed by atoms with Gasteiger partial charge in [-0.25, -0.2) is 4.79 Å². The maximum Gasteiger partial charge on any atom is 0.336 e. The lowest BCUT2D eigenvalue weighted by Gasteiger charge is -2.41. The van der Waals surface area contributed by atoms with E-state index in [0.717, 1.165) is 17.0 Å². The summed E-state index contributed by atoms with van der Waals surface area (Å²) >= 11 is 6.22. The zero-order valence-corrected chi connectivity index (χ0v) is 17.2. The van der Waals surface area contributed by atoms with Crippen molar-refractivity contribution < 1.29 is 14.3 Å². The van der Waals surface area contributed by atoms with E-state index in [-0.39, 0.29) is 17.3 Å². The van der Waals surface area contributed by atoms with E-state index in [4.69, 9.17) is 16.3 Å². The Morgan fingerprint density at radius 2 is 2.00 bits per heavy atom. The van der Waals surface area contributed by atoms with Crippen molar-refractivity contribution in [3.05, 3.63) is 57.9 Å². The number of rotatable bonds is 3. The third-order valence-corrected chi connectivity index (χ3v) is 5.24. The Morgan fingerprint density at radius 3 is 2.63 bits per heavy atom. The number of benzene rings is 1. The number of allylic oxidation sites excluding steroid dienone is 3. The maximum atomic E-state index is 13.1. The molecular formula is C22H26ClNO3. The normalized spacial score (nSPS) is 24.3. The summed E-state index contributed by atoms with van der Waals surface area (Å²) in [4.78, 5) is 26.0. The van der Waals surface area contributed by atoms with Crippen LogP contribution in [0.15, 0.2) is 47.3 Å². The lowest BCUT2D eigenvalue weighted by molar-refractivity contribution is -0.143. The van der Waals surface area contributed by atoms with Crippen molar-refractivity contribution in [3.63, 3.8) is 0 Å². The Balaban J connectivity index is 2.19. The Labute approximate surface area is 165 Å². The lowest BCUT2D eigenvalue weighted by Crippen LogP contribution is -2.43. The highest BCUT2D eigenvalue weighted by Gasteiger charge is 2.46. The molecule has 1 aromatic carbocycles.